The van der Waals surface area contributed by atoms with Gasteiger partial charge in [-0.05, 0) is 62.3 Å². The number of amides is 3. The Labute approximate surface area is 239 Å². The molecule has 212 valence electrons. The summed E-state index contributed by atoms with van der Waals surface area (Å²) in [5, 5.41) is 16.9. The van der Waals surface area contributed by atoms with Crippen molar-refractivity contribution in [2.75, 3.05) is 24.5 Å². The fourth-order valence-corrected chi connectivity index (χ4v) is 6.06. The second kappa shape index (κ2) is 14.6. The fraction of sp³-hybridized carbons (Fsp3) is 0.483. The van der Waals surface area contributed by atoms with Gasteiger partial charge in [-0.1, -0.05) is 54.6 Å². The van der Waals surface area contributed by atoms with Crippen molar-refractivity contribution in [3.8, 4) is 0 Å². The van der Waals surface area contributed by atoms with E-state index in [1.165, 1.54) is 16.7 Å². The lowest BCUT2D eigenvalue weighted by molar-refractivity contribution is -0.147. The van der Waals surface area contributed by atoms with Gasteiger partial charge in [-0.15, -0.1) is 11.8 Å². The van der Waals surface area contributed by atoms with Gasteiger partial charge in [0.05, 0.1) is 18.5 Å². The number of benzene rings is 2. The van der Waals surface area contributed by atoms with Crippen LogP contribution >= 0.6 is 23.5 Å². The zero-order valence-electron chi connectivity index (χ0n) is 23.0. The number of ether oxygens (including phenoxy) is 1. The molecule has 1 aliphatic heterocycles. The Morgan fingerprint density at radius 1 is 1.15 bits per heavy atom. The van der Waals surface area contributed by atoms with Gasteiger partial charge in [0.15, 0.2) is 6.10 Å². The van der Waals surface area contributed by atoms with E-state index in [2.05, 4.69) is 10.6 Å². The van der Waals surface area contributed by atoms with E-state index in [0.717, 1.165) is 22.4 Å². The molecule has 2 aromatic rings. The number of aliphatic hydroxyl groups excluding tert-OH is 1. The summed E-state index contributed by atoms with van der Waals surface area (Å²) in [6, 6.07) is 15.4. The molecule has 1 fully saturated rings. The molecule has 0 saturated carbocycles. The Kier molecular flexibility index (Phi) is 11.6. The molecular formula is C29H39N3O5S2. The number of rotatable bonds is 12. The molecule has 1 heterocycles. The van der Waals surface area contributed by atoms with Gasteiger partial charge in [0.25, 0.3) is 5.91 Å². The lowest BCUT2D eigenvalue weighted by atomic mass is 9.97. The van der Waals surface area contributed by atoms with Crippen LogP contribution in [0.3, 0.4) is 0 Å². The van der Waals surface area contributed by atoms with Crippen molar-refractivity contribution in [1.82, 2.24) is 15.5 Å². The molecule has 3 rings (SSSR count). The molecule has 3 amide bonds. The second-order valence-corrected chi connectivity index (χ2v) is 12.7. The summed E-state index contributed by atoms with van der Waals surface area (Å²) in [5.74, 6) is 0.224. The van der Waals surface area contributed by atoms with Crippen molar-refractivity contribution >= 4 is 41.4 Å². The number of hydrogen-bond acceptors (Lipinski definition) is 7. The van der Waals surface area contributed by atoms with Crippen LogP contribution in [0, 0.1) is 6.92 Å². The third kappa shape index (κ3) is 8.65. The van der Waals surface area contributed by atoms with E-state index in [4.69, 9.17) is 4.74 Å². The first-order chi connectivity index (χ1) is 18.6. The molecule has 0 unspecified atom stereocenters. The topological polar surface area (TPSA) is 108 Å². The average Bonchev–Trinajstić information content (AvgIpc) is 3.24. The van der Waals surface area contributed by atoms with Gasteiger partial charge >= 0.3 is 6.09 Å². The van der Waals surface area contributed by atoms with Crippen LogP contribution in [0.15, 0.2) is 54.6 Å². The highest BCUT2D eigenvalue weighted by molar-refractivity contribution is 8.00. The Morgan fingerprint density at radius 2 is 1.85 bits per heavy atom. The summed E-state index contributed by atoms with van der Waals surface area (Å²) >= 11 is 3.14. The van der Waals surface area contributed by atoms with Crippen molar-refractivity contribution in [3.63, 3.8) is 0 Å². The molecule has 10 heteroatoms. The van der Waals surface area contributed by atoms with E-state index < -0.39 is 34.9 Å². The molecule has 0 bridgehead atoms. The van der Waals surface area contributed by atoms with Gasteiger partial charge in [0.1, 0.15) is 6.04 Å². The maximum Gasteiger partial charge on any atom is 0.407 e. The molecule has 0 spiro atoms. The zero-order valence-corrected chi connectivity index (χ0v) is 24.6. The van der Waals surface area contributed by atoms with E-state index in [-0.39, 0.29) is 24.8 Å². The third-order valence-corrected chi connectivity index (χ3v) is 8.82. The van der Waals surface area contributed by atoms with Gasteiger partial charge in [-0.3, -0.25) is 9.59 Å². The van der Waals surface area contributed by atoms with Crippen LogP contribution in [0.2, 0.25) is 0 Å². The van der Waals surface area contributed by atoms with E-state index in [1.54, 1.807) is 11.8 Å². The monoisotopic (exact) mass is 573 g/mol. The minimum Gasteiger partial charge on any atom is -0.450 e. The highest BCUT2D eigenvalue weighted by Gasteiger charge is 2.49. The van der Waals surface area contributed by atoms with Crippen LogP contribution in [0.5, 0.6) is 0 Å². The SMILES string of the molecule is CSCCCOC(=O)N[C@@H](Cc1ccccc1)[C@H](O)C(=O)N1CSC(C)(C)[C@H]1C(=O)NCc1ccccc1C. The van der Waals surface area contributed by atoms with Gasteiger partial charge in [0, 0.05) is 11.3 Å². The van der Waals surface area contributed by atoms with E-state index in [0.29, 0.717) is 13.0 Å². The quantitative estimate of drug-likeness (QED) is 0.332. The molecule has 1 saturated heterocycles. The first kappa shape index (κ1) is 30.8. The first-order valence-corrected chi connectivity index (χ1v) is 15.4. The van der Waals surface area contributed by atoms with Crippen molar-refractivity contribution < 1.29 is 24.2 Å². The van der Waals surface area contributed by atoms with Gasteiger partial charge in [-0.2, -0.15) is 11.8 Å². The predicted molar refractivity (Wildman–Crippen MR) is 158 cm³/mol. The summed E-state index contributed by atoms with van der Waals surface area (Å²) in [5.41, 5.74) is 2.91. The molecule has 0 radical (unpaired) electrons. The Hall–Kier alpha value is -2.69. The maximum atomic E-state index is 13.7. The summed E-state index contributed by atoms with van der Waals surface area (Å²) in [7, 11) is 0. The number of hydrogen-bond donors (Lipinski definition) is 3. The van der Waals surface area contributed by atoms with Gasteiger partial charge in [-0.25, -0.2) is 4.79 Å². The number of aliphatic hydroxyl groups is 1. The lowest BCUT2D eigenvalue weighted by Gasteiger charge is -2.33. The molecule has 3 atom stereocenters. The fourth-order valence-electron chi connectivity index (χ4n) is 4.51. The summed E-state index contributed by atoms with van der Waals surface area (Å²) < 4.78 is 4.71. The minimum absolute atomic E-state index is 0.224. The van der Waals surface area contributed by atoms with Crippen LogP contribution in [0.1, 0.15) is 37.0 Å². The standard InChI is InChI=1S/C29H39N3O5S2/c1-20-11-8-9-14-22(20)18-30-26(34)25-29(2,3)39-19-32(25)27(35)24(33)23(17-21-12-6-5-7-13-21)31-28(36)37-15-10-16-38-4/h5-9,11-14,23-25,33H,10,15-19H2,1-4H3,(H,30,34)(H,31,36)/t23-,24-,25+/m0/s1. The highest BCUT2D eigenvalue weighted by atomic mass is 32.2. The Balaban J connectivity index is 1.74. The van der Waals surface area contributed by atoms with Crippen LogP contribution in [-0.2, 0) is 27.3 Å². The molecule has 3 N–H and O–H groups in total. The number of thioether (sulfide) groups is 2. The first-order valence-electron chi connectivity index (χ1n) is 13.0. The number of carbonyl (C=O) groups excluding carboxylic acids is 3. The van der Waals surface area contributed by atoms with Crippen molar-refractivity contribution in [1.29, 1.82) is 0 Å². The highest BCUT2D eigenvalue weighted by Crippen LogP contribution is 2.40. The molecule has 8 nitrogen and oxygen atoms in total. The number of nitrogens with one attached hydrogen (secondary N) is 2. The molecule has 0 aromatic heterocycles. The van der Waals surface area contributed by atoms with E-state index >= 15 is 0 Å². The molecular weight excluding hydrogens is 534 g/mol. The van der Waals surface area contributed by atoms with Crippen LogP contribution in [0.4, 0.5) is 4.79 Å². The number of alkyl carbamates (subject to hydrolysis) is 1. The van der Waals surface area contributed by atoms with Crippen LogP contribution < -0.4 is 10.6 Å². The number of carbonyl (C=O) groups is 3. The smallest absolute Gasteiger partial charge is 0.407 e. The van der Waals surface area contributed by atoms with Crippen molar-refractivity contribution in [3.05, 3.63) is 71.3 Å². The molecule has 1 aliphatic rings. The lowest BCUT2D eigenvalue weighted by Crippen LogP contribution is -2.58. The second-order valence-electron chi connectivity index (χ2n) is 10.1. The number of nitrogens with zero attached hydrogens (tertiary/aromatic N) is 1. The summed E-state index contributed by atoms with van der Waals surface area (Å²) in [6.45, 7) is 6.40. The third-order valence-electron chi connectivity index (χ3n) is 6.75. The van der Waals surface area contributed by atoms with Crippen LogP contribution in [0.25, 0.3) is 0 Å². The average molecular weight is 574 g/mol. The zero-order chi connectivity index (χ0) is 28.4. The van der Waals surface area contributed by atoms with Crippen molar-refractivity contribution in [2.45, 2.75) is 63.1 Å². The molecule has 39 heavy (non-hydrogen) atoms. The Bertz CT molecular complexity index is 1120. The largest absolute Gasteiger partial charge is 0.450 e. The maximum absolute atomic E-state index is 13.7. The van der Waals surface area contributed by atoms with E-state index in [9.17, 15) is 19.5 Å². The summed E-state index contributed by atoms with van der Waals surface area (Å²) in [6.07, 6.45) is 0.658. The van der Waals surface area contributed by atoms with Crippen LogP contribution in [-0.4, -0.2) is 75.3 Å². The molecule has 0 aliphatic carbocycles. The van der Waals surface area contributed by atoms with Gasteiger partial charge < -0.3 is 25.4 Å². The Morgan fingerprint density at radius 3 is 2.54 bits per heavy atom. The van der Waals surface area contributed by atoms with E-state index in [1.807, 2.05) is 81.6 Å². The van der Waals surface area contributed by atoms with Gasteiger partial charge in [0.2, 0.25) is 5.91 Å². The minimum atomic E-state index is -1.56. The normalized spacial score (nSPS) is 17.8. The summed E-state index contributed by atoms with van der Waals surface area (Å²) in [4.78, 5) is 41.0. The number of aryl methyl sites for hydroxylation is 1. The van der Waals surface area contributed by atoms with Crippen molar-refractivity contribution in [2.24, 2.45) is 0 Å². The predicted octanol–water partition coefficient (Wildman–Crippen LogP) is 3.74. The molecule has 2 aromatic carbocycles.